The minimum absolute atomic E-state index is 0.462. The average molecular weight is 259 g/mol. The summed E-state index contributed by atoms with van der Waals surface area (Å²) in [6.45, 7) is 0.698. The van der Waals surface area contributed by atoms with Gasteiger partial charge in [0.1, 0.15) is 5.75 Å². The molecule has 4 heteroatoms. The van der Waals surface area contributed by atoms with E-state index in [-0.39, 0.29) is 0 Å². The maximum absolute atomic E-state index is 5.33. The first-order valence-corrected chi connectivity index (χ1v) is 6.57. The monoisotopic (exact) mass is 259 g/mol. The lowest BCUT2D eigenvalue weighted by molar-refractivity contribution is 0.409. The van der Waals surface area contributed by atoms with Gasteiger partial charge in [-0.1, -0.05) is 30.4 Å². The second-order valence-corrected chi connectivity index (χ2v) is 4.52. The van der Waals surface area contributed by atoms with Crippen molar-refractivity contribution in [3.05, 3.63) is 42.0 Å². The minimum Gasteiger partial charge on any atom is -0.496 e. The second-order valence-electron chi connectivity index (χ2n) is 4.52. The van der Waals surface area contributed by atoms with Crippen molar-refractivity contribution in [3.63, 3.8) is 0 Å². The number of para-hydroxylation sites is 1. The van der Waals surface area contributed by atoms with Crippen LogP contribution in [0.15, 0.2) is 41.4 Å². The van der Waals surface area contributed by atoms with Crippen LogP contribution in [0.1, 0.15) is 18.4 Å². The molecule has 0 amide bonds. The fraction of sp³-hybridized carbons (Fsp3) is 0.400. The van der Waals surface area contributed by atoms with Crippen LogP contribution in [-0.4, -0.2) is 26.2 Å². The Morgan fingerprint density at radius 1 is 1.32 bits per heavy atom. The Morgan fingerprint density at radius 2 is 2.05 bits per heavy atom. The van der Waals surface area contributed by atoms with Crippen LogP contribution in [0.2, 0.25) is 0 Å². The summed E-state index contributed by atoms with van der Waals surface area (Å²) in [5.41, 5.74) is 1.12. The number of aliphatic imine (C=N–C) groups is 1. The molecule has 0 saturated carbocycles. The van der Waals surface area contributed by atoms with Crippen LogP contribution in [0.3, 0.4) is 0 Å². The van der Waals surface area contributed by atoms with E-state index in [4.69, 9.17) is 4.74 Å². The summed E-state index contributed by atoms with van der Waals surface area (Å²) in [7, 11) is 3.48. The van der Waals surface area contributed by atoms with Gasteiger partial charge in [-0.2, -0.15) is 0 Å². The molecule has 0 bridgehead atoms. The highest BCUT2D eigenvalue weighted by Crippen LogP contribution is 2.16. The Labute approximate surface area is 114 Å². The van der Waals surface area contributed by atoms with Gasteiger partial charge < -0.3 is 15.4 Å². The summed E-state index contributed by atoms with van der Waals surface area (Å²) in [6, 6.07) is 8.46. The first-order valence-electron chi connectivity index (χ1n) is 6.57. The lowest BCUT2D eigenvalue weighted by atomic mass is 10.2. The predicted octanol–water partition coefficient (Wildman–Crippen LogP) is 2.08. The summed E-state index contributed by atoms with van der Waals surface area (Å²) in [4.78, 5) is 4.25. The van der Waals surface area contributed by atoms with E-state index < -0.39 is 0 Å². The van der Waals surface area contributed by atoms with E-state index >= 15 is 0 Å². The van der Waals surface area contributed by atoms with E-state index in [1.54, 1.807) is 14.2 Å². The molecule has 1 aromatic carbocycles. The summed E-state index contributed by atoms with van der Waals surface area (Å²) < 4.78 is 5.33. The SMILES string of the molecule is CN=C(NCc1ccccc1OC)NC1CC=CC1. The van der Waals surface area contributed by atoms with Crippen molar-refractivity contribution >= 4 is 5.96 Å². The van der Waals surface area contributed by atoms with Gasteiger partial charge in [-0.25, -0.2) is 0 Å². The predicted molar refractivity (Wildman–Crippen MR) is 78.5 cm³/mol. The molecule has 1 aromatic rings. The Bertz CT molecular complexity index is 460. The third-order valence-electron chi connectivity index (χ3n) is 3.21. The molecule has 0 radical (unpaired) electrons. The Kier molecular flexibility index (Phi) is 4.84. The molecule has 4 nitrogen and oxygen atoms in total. The van der Waals surface area contributed by atoms with Crippen molar-refractivity contribution in [3.8, 4) is 5.75 Å². The molecular weight excluding hydrogens is 238 g/mol. The normalized spacial score (nSPS) is 15.6. The van der Waals surface area contributed by atoms with Gasteiger partial charge in [0, 0.05) is 25.2 Å². The second kappa shape index (κ2) is 6.83. The number of rotatable bonds is 4. The van der Waals surface area contributed by atoms with Gasteiger partial charge in [0.25, 0.3) is 0 Å². The molecular formula is C15H21N3O. The number of hydrogen-bond donors (Lipinski definition) is 2. The van der Waals surface area contributed by atoms with E-state index in [0.717, 1.165) is 30.1 Å². The van der Waals surface area contributed by atoms with E-state index in [0.29, 0.717) is 12.6 Å². The molecule has 102 valence electrons. The standard InChI is InChI=1S/C15H21N3O/c1-16-15(18-13-8-4-5-9-13)17-11-12-7-3-6-10-14(12)19-2/h3-7,10,13H,8-9,11H2,1-2H3,(H2,16,17,18). The number of guanidine groups is 1. The maximum Gasteiger partial charge on any atom is 0.191 e. The maximum atomic E-state index is 5.33. The van der Waals surface area contributed by atoms with Crippen LogP contribution in [-0.2, 0) is 6.54 Å². The largest absolute Gasteiger partial charge is 0.496 e. The molecule has 2 N–H and O–H groups in total. The van der Waals surface area contributed by atoms with Gasteiger partial charge in [0.2, 0.25) is 0 Å². The van der Waals surface area contributed by atoms with Crippen molar-refractivity contribution in [2.75, 3.05) is 14.2 Å². The molecule has 0 aromatic heterocycles. The summed E-state index contributed by atoms with van der Waals surface area (Å²) in [5, 5.41) is 6.73. The number of nitrogens with zero attached hydrogens (tertiary/aromatic N) is 1. The van der Waals surface area contributed by atoms with E-state index in [1.807, 2.05) is 18.2 Å². The molecule has 0 atom stereocenters. The molecule has 19 heavy (non-hydrogen) atoms. The van der Waals surface area contributed by atoms with Crippen LogP contribution < -0.4 is 15.4 Å². The average Bonchev–Trinajstić information content (AvgIpc) is 2.96. The zero-order valence-electron chi connectivity index (χ0n) is 11.5. The third kappa shape index (κ3) is 3.74. The number of benzene rings is 1. The van der Waals surface area contributed by atoms with Crippen molar-refractivity contribution < 1.29 is 4.74 Å². The van der Waals surface area contributed by atoms with E-state index in [2.05, 4.69) is 33.8 Å². The highest BCUT2D eigenvalue weighted by Gasteiger charge is 2.11. The smallest absolute Gasteiger partial charge is 0.191 e. The molecule has 0 heterocycles. The lowest BCUT2D eigenvalue weighted by Crippen LogP contribution is -2.42. The van der Waals surface area contributed by atoms with Gasteiger partial charge in [-0.05, 0) is 18.9 Å². The lowest BCUT2D eigenvalue weighted by Gasteiger charge is -2.17. The molecule has 1 aliphatic carbocycles. The highest BCUT2D eigenvalue weighted by atomic mass is 16.5. The number of nitrogens with one attached hydrogen (secondary N) is 2. The minimum atomic E-state index is 0.462. The van der Waals surface area contributed by atoms with Crippen molar-refractivity contribution in [2.45, 2.75) is 25.4 Å². The Hall–Kier alpha value is -1.97. The van der Waals surface area contributed by atoms with Gasteiger partial charge in [-0.15, -0.1) is 0 Å². The van der Waals surface area contributed by atoms with Gasteiger partial charge in [0.15, 0.2) is 5.96 Å². The Balaban J connectivity index is 1.89. The summed E-state index contributed by atoms with van der Waals surface area (Å²) >= 11 is 0. The quantitative estimate of drug-likeness (QED) is 0.494. The van der Waals surface area contributed by atoms with E-state index in [1.165, 1.54) is 0 Å². The molecule has 0 spiro atoms. The number of methoxy groups -OCH3 is 1. The van der Waals surface area contributed by atoms with Crippen molar-refractivity contribution in [1.29, 1.82) is 0 Å². The van der Waals surface area contributed by atoms with E-state index in [9.17, 15) is 0 Å². The zero-order chi connectivity index (χ0) is 13.5. The fourth-order valence-electron chi connectivity index (χ4n) is 2.15. The molecule has 0 aliphatic heterocycles. The molecule has 1 aliphatic rings. The molecule has 0 fully saturated rings. The van der Waals surface area contributed by atoms with Crippen molar-refractivity contribution in [1.82, 2.24) is 10.6 Å². The van der Waals surface area contributed by atoms with Gasteiger partial charge in [-0.3, -0.25) is 4.99 Å². The van der Waals surface area contributed by atoms with Gasteiger partial charge in [0.05, 0.1) is 7.11 Å². The summed E-state index contributed by atoms with van der Waals surface area (Å²) in [6.07, 6.45) is 6.53. The van der Waals surface area contributed by atoms with Crippen LogP contribution >= 0.6 is 0 Å². The summed E-state index contributed by atoms with van der Waals surface area (Å²) in [5.74, 6) is 1.73. The van der Waals surface area contributed by atoms with Gasteiger partial charge >= 0.3 is 0 Å². The number of hydrogen-bond acceptors (Lipinski definition) is 2. The Morgan fingerprint density at radius 3 is 2.74 bits per heavy atom. The fourth-order valence-corrected chi connectivity index (χ4v) is 2.15. The first-order chi connectivity index (χ1) is 9.33. The van der Waals surface area contributed by atoms with Crippen LogP contribution in [0.25, 0.3) is 0 Å². The van der Waals surface area contributed by atoms with Crippen molar-refractivity contribution in [2.24, 2.45) is 4.99 Å². The number of ether oxygens (including phenoxy) is 1. The molecule has 0 unspecified atom stereocenters. The molecule has 0 saturated heterocycles. The third-order valence-corrected chi connectivity index (χ3v) is 3.21. The highest BCUT2D eigenvalue weighted by molar-refractivity contribution is 5.80. The van der Waals surface area contributed by atoms with Crippen LogP contribution in [0.4, 0.5) is 0 Å². The molecule has 2 rings (SSSR count). The zero-order valence-corrected chi connectivity index (χ0v) is 11.5. The first kappa shape index (κ1) is 13.5. The topological polar surface area (TPSA) is 45.7 Å². The van der Waals surface area contributed by atoms with Crippen LogP contribution in [0, 0.1) is 0 Å². The van der Waals surface area contributed by atoms with Crippen LogP contribution in [0.5, 0.6) is 5.75 Å².